The van der Waals surface area contributed by atoms with Crippen molar-refractivity contribution >= 4 is 19.7 Å². The number of nitrogens with zero attached hydrogens (tertiary/aromatic N) is 1. The van der Waals surface area contributed by atoms with E-state index in [0.717, 1.165) is 5.56 Å². The zero-order valence-electron chi connectivity index (χ0n) is 16.0. The fourth-order valence-electron chi connectivity index (χ4n) is 3.63. The Kier molecular flexibility index (Phi) is 6.24. The van der Waals surface area contributed by atoms with E-state index in [2.05, 4.69) is 5.32 Å². The second kappa shape index (κ2) is 8.32. The first kappa shape index (κ1) is 21.0. The number of hydrogen-bond acceptors (Lipinski definition) is 6. The lowest BCUT2D eigenvalue weighted by Gasteiger charge is -2.28. The maximum absolute atomic E-state index is 13.1. The Labute approximate surface area is 167 Å². The molecule has 0 radical (unpaired) electrons. The fraction of sp³-hybridized carbons (Fsp3) is 0.400. The normalized spacial score (nSPS) is 23.0. The van der Waals surface area contributed by atoms with Crippen LogP contribution in [-0.4, -0.2) is 65.2 Å². The second-order valence-corrected chi connectivity index (χ2v) is 11.7. The van der Waals surface area contributed by atoms with E-state index in [4.69, 9.17) is 0 Å². The highest BCUT2D eigenvalue weighted by Gasteiger charge is 2.45. The molecular weight excluding hydrogens is 396 g/mol. The summed E-state index contributed by atoms with van der Waals surface area (Å²) in [6, 6.07) is 17.3. The Balaban J connectivity index is 1.83. The molecule has 2 aromatic rings. The van der Waals surface area contributed by atoms with Crippen LogP contribution in [0.4, 0.5) is 0 Å². The van der Waals surface area contributed by atoms with Gasteiger partial charge in [-0.25, -0.2) is 16.8 Å². The van der Waals surface area contributed by atoms with Gasteiger partial charge in [-0.15, -0.1) is 0 Å². The minimum atomic E-state index is -3.75. The predicted molar refractivity (Wildman–Crippen MR) is 111 cm³/mol. The van der Waals surface area contributed by atoms with Crippen LogP contribution in [0.3, 0.4) is 0 Å². The molecule has 3 atom stereocenters. The Bertz CT molecular complexity index is 991. The van der Waals surface area contributed by atoms with Crippen molar-refractivity contribution in [3.63, 3.8) is 0 Å². The molecule has 1 aliphatic rings. The number of hydrogen-bond donors (Lipinski definition) is 1. The summed E-state index contributed by atoms with van der Waals surface area (Å²) < 4.78 is 50.7. The lowest BCUT2D eigenvalue weighted by Crippen LogP contribution is -2.46. The molecule has 152 valence electrons. The number of nitrogens with one attached hydrogen (secondary N) is 1. The number of likely N-dealkylation sites (N-methyl/N-ethyl adjacent to an activating group) is 1. The standard InChI is InChI=1S/C20H26N2O4S2/c1-22(2)19(16-9-5-3-6-10-16)13-21-18-14-27(23,24)15-20(18)28(25,26)17-11-7-4-8-12-17/h3-12,18-21H,13-15H2,1-2H3/t18-,19?,20-/m0/s1. The van der Waals surface area contributed by atoms with Crippen molar-refractivity contribution in [1.29, 1.82) is 0 Å². The highest BCUT2D eigenvalue weighted by Crippen LogP contribution is 2.27. The zero-order valence-corrected chi connectivity index (χ0v) is 17.7. The van der Waals surface area contributed by atoms with E-state index in [1.54, 1.807) is 18.2 Å². The molecule has 1 N–H and O–H groups in total. The van der Waals surface area contributed by atoms with E-state index in [1.807, 2.05) is 49.3 Å². The van der Waals surface area contributed by atoms with Crippen LogP contribution < -0.4 is 5.32 Å². The minimum Gasteiger partial charge on any atom is -0.310 e. The van der Waals surface area contributed by atoms with Crippen molar-refractivity contribution in [2.45, 2.75) is 22.2 Å². The number of benzene rings is 2. The predicted octanol–water partition coefficient (Wildman–Crippen LogP) is 1.52. The Morgan fingerprint density at radius 2 is 1.57 bits per heavy atom. The van der Waals surface area contributed by atoms with Gasteiger partial charge in [0, 0.05) is 18.6 Å². The molecule has 0 bridgehead atoms. The molecule has 6 nitrogen and oxygen atoms in total. The first-order valence-electron chi connectivity index (χ1n) is 9.15. The third-order valence-corrected chi connectivity index (χ3v) is 9.32. The summed E-state index contributed by atoms with van der Waals surface area (Å²) >= 11 is 0. The third kappa shape index (κ3) is 4.63. The molecule has 3 rings (SSSR count). The molecular formula is C20H26N2O4S2. The van der Waals surface area contributed by atoms with Gasteiger partial charge in [0.15, 0.2) is 19.7 Å². The Morgan fingerprint density at radius 1 is 1.00 bits per heavy atom. The van der Waals surface area contributed by atoms with Crippen molar-refractivity contribution in [2.24, 2.45) is 0 Å². The smallest absolute Gasteiger partial charge is 0.183 e. The van der Waals surface area contributed by atoms with Gasteiger partial charge in [-0.3, -0.25) is 0 Å². The van der Waals surface area contributed by atoms with Crippen molar-refractivity contribution in [1.82, 2.24) is 10.2 Å². The van der Waals surface area contributed by atoms with E-state index >= 15 is 0 Å². The largest absolute Gasteiger partial charge is 0.310 e. The lowest BCUT2D eigenvalue weighted by atomic mass is 10.1. The molecule has 0 aromatic heterocycles. The molecule has 1 fully saturated rings. The van der Waals surface area contributed by atoms with Crippen LogP contribution in [0.25, 0.3) is 0 Å². The molecule has 1 unspecified atom stereocenters. The van der Waals surface area contributed by atoms with Crippen molar-refractivity contribution in [2.75, 3.05) is 32.1 Å². The maximum Gasteiger partial charge on any atom is 0.183 e. The SMILES string of the molecule is CN(C)C(CN[C@H]1CS(=O)(=O)C[C@@H]1S(=O)(=O)c1ccccc1)c1ccccc1. The van der Waals surface area contributed by atoms with Gasteiger partial charge in [-0.2, -0.15) is 0 Å². The van der Waals surface area contributed by atoms with Crippen molar-refractivity contribution in [3.8, 4) is 0 Å². The summed E-state index contributed by atoms with van der Waals surface area (Å²) in [6.07, 6.45) is 0. The van der Waals surface area contributed by atoms with Crippen LogP contribution in [0.5, 0.6) is 0 Å². The zero-order chi connectivity index (χ0) is 20.4. The molecule has 0 spiro atoms. The Hall–Kier alpha value is -1.74. The third-order valence-electron chi connectivity index (χ3n) is 5.15. The van der Waals surface area contributed by atoms with E-state index in [-0.39, 0.29) is 22.4 Å². The van der Waals surface area contributed by atoms with Crippen LogP contribution in [0.2, 0.25) is 0 Å². The number of rotatable bonds is 7. The van der Waals surface area contributed by atoms with Gasteiger partial charge < -0.3 is 10.2 Å². The molecule has 0 aliphatic carbocycles. The van der Waals surface area contributed by atoms with Crippen molar-refractivity contribution < 1.29 is 16.8 Å². The van der Waals surface area contributed by atoms with Crippen LogP contribution >= 0.6 is 0 Å². The molecule has 1 aliphatic heterocycles. The molecule has 0 saturated carbocycles. The van der Waals surface area contributed by atoms with Crippen LogP contribution in [0.15, 0.2) is 65.6 Å². The van der Waals surface area contributed by atoms with Crippen LogP contribution in [-0.2, 0) is 19.7 Å². The summed E-state index contributed by atoms with van der Waals surface area (Å²) in [5.41, 5.74) is 1.09. The van der Waals surface area contributed by atoms with E-state index in [1.165, 1.54) is 12.1 Å². The minimum absolute atomic E-state index is 0.00424. The average Bonchev–Trinajstić information content (AvgIpc) is 2.98. The lowest BCUT2D eigenvalue weighted by molar-refractivity contribution is 0.282. The Morgan fingerprint density at radius 3 is 2.14 bits per heavy atom. The molecule has 1 saturated heterocycles. The highest BCUT2D eigenvalue weighted by molar-refractivity contribution is 7.96. The monoisotopic (exact) mass is 422 g/mol. The quantitative estimate of drug-likeness (QED) is 0.728. The molecule has 8 heteroatoms. The highest BCUT2D eigenvalue weighted by atomic mass is 32.2. The summed E-state index contributed by atoms with van der Waals surface area (Å²) in [5.74, 6) is -0.515. The average molecular weight is 423 g/mol. The van der Waals surface area contributed by atoms with E-state index in [0.29, 0.717) is 6.54 Å². The first-order chi connectivity index (χ1) is 13.2. The van der Waals surface area contributed by atoms with Gasteiger partial charge >= 0.3 is 0 Å². The summed E-state index contributed by atoms with van der Waals surface area (Å²) in [7, 11) is -3.28. The van der Waals surface area contributed by atoms with Gasteiger partial charge in [-0.05, 0) is 31.8 Å². The molecule has 28 heavy (non-hydrogen) atoms. The second-order valence-electron chi connectivity index (χ2n) is 7.38. The van der Waals surface area contributed by atoms with Gasteiger partial charge in [0.05, 0.1) is 21.7 Å². The van der Waals surface area contributed by atoms with Crippen LogP contribution in [0, 0.1) is 0 Å². The first-order valence-corrected chi connectivity index (χ1v) is 12.5. The van der Waals surface area contributed by atoms with Crippen LogP contribution in [0.1, 0.15) is 11.6 Å². The molecule has 0 amide bonds. The summed E-state index contributed by atoms with van der Waals surface area (Å²) in [5, 5.41) is 2.26. The van der Waals surface area contributed by atoms with E-state index < -0.39 is 31.0 Å². The van der Waals surface area contributed by atoms with Gasteiger partial charge in [-0.1, -0.05) is 48.5 Å². The maximum atomic E-state index is 13.1. The van der Waals surface area contributed by atoms with Gasteiger partial charge in [0.25, 0.3) is 0 Å². The fourth-order valence-corrected chi connectivity index (χ4v) is 8.37. The van der Waals surface area contributed by atoms with Gasteiger partial charge in [0.2, 0.25) is 0 Å². The van der Waals surface area contributed by atoms with E-state index in [9.17, 15) is 16.8 Å². The van der Waals surface area contributed by atoms with Gasteiger partial charge in [0.1, 0.15) is 0 Å². The molecule has 1 heterocycles. The summed E-state index contributed by atoms with van der Waals surface area (Å²) in [4.78, 5) is 2.20. The van der Waals surface area contributed by atoms with Crippen molar-refractivity contribution in [3.05, 3.63) is 66.2 Å². The molecule has 2 aromatic carbocycles. The number of sulfone groups is 2. The topological polar surface area (TPSA) is 83.6 Å². The summed E-state index contributed by atoms with van der Waals surface area (Å²) in [6.45, 7) is 0.456.